The molecule has 0 atom stereocenters. The summed E-state index contributed by atoms with van der Waals surface area (Å²) in [5.74, 6) is 2.48. The van der Waals surface area contributed by atoms with E-state index in [1.165, 1.54) is 0 Å². The molecule has 0 spiro atoms. The number of rotatable bonds is 0. The van der Waals surface area contributed by atoms with E-state index in [9.17, 15) is 0 Å². The monoisotopic (exact) mass is 268 g/mol. The van der Waals surface area contributed by atoms with Gasteiger partial charge in [0.1, 0.15) is 30.3 Å². The summed E-state index contributed by atoms with van der Waals surface area (Å²) >= 11 is 0. The molecule has 1 N–H and O–H groups in total. The molecule has 2 aromatic rings. The van der Waals surface area contributed by atoms with Crippen LogP contribution in [0.25, 0.3) is 0 Å². The van der Waals surface area contributed by atoms with Gasteiger partial charge < -0.3 is 15.0 Å². The van der Waals surface area contributed by atoms with Gasteiger partial charge in [-0.3, -0.25) is 0 Å². The largest absolute Gasteiger partial charge is 0.489 e. The molecule has 0 unspecified atom stereocenters. The van der Waals surface area contributed by atoms with Gasteiger partial charge in [-0.2, -0.15) is 0 Å². The van der Waals surface area contributed by atoms with Gasteiger partial charge in [0, 0.05) is 31.4 Å². The van der Waals surface area contributed by atoms with Gasteiger partial charge in [0.05, 0.1) is 0 Å². The second-order valence-electron chi connectivity index (χ2n) is 4.58. The lowest BCUT2D eigenvalue weighted by Gasteiger charge is -2.16. The molecule has 2 heterocycles. The Morgan fingerprint density at radius 3 is 3.10 bits per heavy atom. The molecule has 3 rings (SSSR count). The Labute approximate surface area is 117 Å². The van der Waals surface area contributed by atoms with Crippen molar-refractivity contribution in [2.45, 2.75) is 0 Å². The standard InChI is InChI=1S/C15H16N4O/c1-19-7-2-3-8-20-13-6-4-5-12(9-13)18-14-10-15(19)17-11-16-14/h2-6,9-11H,7-8H2,1H3,(H,16,17,18)/b3-2+. The van der Waals surface area contributed by atoms with Crippen LogP contribution in [0.5, 0.6) is 5.75 Å². The fourth-order valence-electron chi connectivity index (χ4n) is 1.97. The smallest absolute Gasteiger partial charge is 0.135 e. The third kappa shape index (κ3) is 2.88. The summed E-state index contributed by atoms with van der Waals surface area (Å²) in [6.07, 6.45) is 5.64. The average molecular weight is 268 g/mol. The first-order valence-corrected chi connectivity index (χ1v) is 6.49. The van der Waals surface area contributed by atoms with Crippen molar-refractivity contribution in [3.63, 3.8) is 0 Å². The number of fused-ring (bicyclic) bond motifs is 4. The van der Waals surface area contributed by atoms with Gasteiger partial charge in [-0.15, -0.1) is 0 Å². The summed E-state index contributed by atoms with van der Waals surface area (Å²) in [7, 11) is 2.00. The van der Waals surface area contributed by atoms with Crippen LogP contribution in [-0.4, -0.2) is 30.2 Å². The third-order valence-corrected chi connectivity index (χ3v) is 3.04. The molecule has 0 aliphatic carbocycles. The van der Waals surface area contributed by atoms with Crippen LogP contribution in [0.15, 0.2) is 48.8 Å². The van der Waals surface area contributed by atoms with Gasteiger partial charge in [-0.25, -0.2) is 9.97 Å². The van der Waals surface area contributed by atoms with E-state index in [1.54, 1.807) is 6.33 Å². The zero-order valence-corrected chi connectivity index (χ0v) is 11.3. The number of benzene rings is 1. The normalized spacial score (nSPS) is 15.9. The second kappa shape index (κ2) is 5.61. The molecule has 0 saturated carbocycles. The molecule has 1 aromatic heterocycles. The predicted molar refractivity (Wildman–Crippen MR) is 79.7 cm³/mol. The maximum atomic E-state index is 5.67. The Morgan fingerprint density at radius 1 is 1.20 bits per heavy atom. The van der Waals surface area contributed by atoms with E-state index in [4.69, 9.17) is 4.74 Å². The summed E-state index contributed by atoms with van der Waals surface area (Å²) in [5, 5.41) is 3.26. The minimum absolute atomic E-state index is 0.556. The fraction of sp³-hybridized carbons (Fsp3) is 0.200. The van der Waals surface area contributed by atoms with Gasteiger partial charge in [-0.05, 0) is 18.2 Å². The zero-order chi connectivity index (χ0) is 13.8. The number of likely N-dealkylation sites (N-methyl/N-ethyl adjacent to an activating group) is 1. The lowest BCUT2D eigenvalue weighted by Crippen LogP contribution is -2.18. The van der Waals surface area contributed by atoms with Gasteiger partial charge in [0.15, 0.2) is 0 Å². The first-order valence-electron chi connectivity index (χ1n) is 6.49. The van der Waals surface area contributed by atoms with Crippen molar-refractivity contribution in [1.29, 1.82) is 0 Å². The number of hydrogen-bond acceptors (Lipinski definition) is 5. The van der Waals surface area contributed by atoms with Gasteiger partial charge in [-0.1, -0.05) is 12.1 Å². The molecule has 5 heteroatoms. The number of hydrogen-bond donors (Lipinski definition) is 1. The Morgan fingerprint density at radius 2 is 2.15 bits per heavy atom. The van der Waals surface area contributed by atoms with Gasteiger partial charge in [0.25, 0.3) is 0 Å². The van der Waals surface area contributed by atoms with E-state index < -0.39 is 0 Å². The molecular weight excluding hydrogens is 252 g/mol. The molecule has 1 aliphatic heterocycles. The Bertz CT molecular complexity index is 627. The quantitative estimate of drug-likeness (QED) is 0.744. The first-order chi connectivity index (χ1) is 9.81. The predicted octanol–water partition coefficient (Wildman–Crippen LogP) is 2.61. The van der Waals surface area contributed by atoms with Crippen LogP contribution in [-0.2, 0) is 0 Å². The Kier molecular flexibility index (Phi) is 3.50. The topological polar surface area (TPSA) is 50.3 Å². The molecule has 20 heavy (non-hydrogen) atoms. The molecule has 102 valence electrons. The Hall–Kier alpha value is -2.56. The number of nitrogens with zero attached hydrogens (tertiary/aromatic N) is 3. The molecule has 0 saturated heterocycles. The van der Waals surface area contributed by atoms with E-state index in [0.717, 1.165) is 29.6 Å². The van der Waals surface area contributed by atoms with Crippen LogP contribution in [0.1, 0.15) is 0 Å². The van der Waals surface area contributed by atoms with Crippen LogP contribution in [0.3, 0.4) is 0 Å². The van der Waals surface area contributed by atoms with Gasteiger partial charge in [0.2, 0.25) is 0 Å². The number of nitrogens with one attached hydrogen (secondary N) is 1. The number of aromatic nitrogens is 2. The summed E-state index contributed by atoms with van der Waals surface area (Å²) < 4.78 is 5.67. The highest BCUT2D eigenvalue weighted by atomic mass is 16.5. The van der Waals surface area contributed by atoms with Crippen molar-refractivity contribution < 1.29 is 4.74 Å². The number of ether oxygens (including phenoxy) is 1. The van der Waals surface area contributed by atoms with E-state index in [1.807, 2.05) is 43.5 Å². The first kappa shape index (κ1) is 12.5. The maximum absolute atomic E-state index is 5.67. The minimum Gasteiger partial charge on any atom is -0.489 e. The molecule has 5 nitrogen and oxygen atoms in total. The van der Waals surface area contributed by atoms with Crippen LogP contribution < -0.4 is 15.0 Å². The van der Waals surface area contributed by atoms with Crippen LogP contribution >= 0.6 is 0 Å². The van der Waals surface area contributed by atoms with Crippen molar-refractivity contribution in [2.24, 2.45) is 0 Å². The van der Waals surface area contributed by atoms with Crippen molar-refractivity contribution in [3.8, 4) is 5.75 Å². The molecule has 0 radical (unpaired) electrons. The van der Waals surface area contributed by atoms with Crippen LogP contribution in [0.4, 0.5) is 17.3 Å². The molecule has 4 bridgehead atoms. The lowest BCUT2D eigenvalue weighted by molar-refractivity contribution is 0.363. The number of anilines is 3. The van der Waals surface area contributed by atoms with Crippen molar-refractivity contribution in [2.75, 3.05) is 30.4 Å². The van der Waals surface area contributed by atoms with Crippen molar-refractivity contribution in [3.05, 3.63) is 48.8 Å². The molecular formula is C15H16N4O. The lowest BCUT2D eigenvalue weighted by atomic mass is 10.3. The molecule has 1 aromatic carbocycles. The third-order valence-electron chi connectivity index (χ3n) is 3.04. The average Bonchev–Trinajstić information content (AvgIpc) is 2.47. The minimum atomic E-state index is 0.556. The van der Waals surface area contributed by atoms with Crippen LogP contribution in [0, 0.1) is 0 Å². The van der Waals surface area contributed by atoms with Crippen molar-refractivity contribution >= 4 is 17.3 Å². The fourth-order valence-corrected chi connectivity index (χ4v) is 1.97. The van der Waals surface area contributed by atoms with E-state index in [0.29, 0.717) is 6.61 Å². The molecule has 0 fully saturated rings. The van der Waals surface area contributed by atoms with E-state index >= 15 is 0 Å². The molecule has 0 amide bonds. The Balaban J connectivity index is 1.97. The summed E-state index contributed by atoms with van der Waals surface area (Å²) in [5.41, 5.74) is 0.943. The van der Waals surface area contributed by atoms with Crippen LogP contribution in [0.2, 0.25) is 0 Å². The maximum Gasteiger partial charge on any atom is 0.135 e. The molecule has 1 aliphatic rings. The summed E-state index contributed by atoms with van der Waals surface area (Å²) in [6.45, 7) is 1.33. The SMILES string of the molecule is CN1C/C=C/COc2cccc(c2)Nc2cc1ncn2. The highest BCUT2D eigenvalue weighted by Crippen LogP contribution is 2.22. The zero-order valence-electron chi connectivity index (χ0n) is 11.3. The highest BCUT2D eigenvalue weighted by Gasteiger charge is 2.05. The van der Waals surface area contributed by atoms with E-state index in [2.05, 4.69) is 26.3 Å². The van der Waals surface area contributed by atoms with E-state index in [-0.39, 0.29) is 0 Å². The van der Waals surface area contributed by atoms with Crippen molar-refractivity contribution in [1.82, 2.24) is 9.97 Å². The summed E-state index contributed by atoms with van der Waals surface area (Å²) in [6, 6.07) is 9.76. The highest BCUT2D eigenvalue weighted by molar-refractivity contribution is 5.60. The summed E-state index contributed by atoms with van der Waals surface area (Å²) in [4.78, 5) is 10.6. The van der Waals surface area contributed by atoms with Gasteiger partial charge >= 0.3 is 0 Å². The second-order valence-corrected chi connectivity index (χ2v) is 4.58.